The second-order valence-corrected chi connectivity index (χ2v) is 7.66. The monoisotopic (exact) mass is 241 g/mol. The Kier molecular flexibility index (Phi) is 3.11. The first-order chi connectivity index (χ1) is 5.73. The molecule has 0 spiro atoms. The summed E-state index contributed by atoms with van der Waals surface area (Å²) in [7, 11) is -1.20. The largest absolute Gasteiger partial charge is 0.234 e. The summed E-state index contributed by atoms with van der Waals surface area (Å²) in [5.74, 6) is 0.0714. The van der Waals surface area contributed by atoms with E-state index in [9.17, 15) is 4.21 Å². The topological polar surface area (TPSA) is 29.4 Å². The van der Waals surface area contributed by atoms with E-state index >= 15 is 0 Å². The molecule has 5 heteroatoms. The molecule has 0 N–H and O–H groups in total. The molecule has 0 saturated heterocycles. The van der Waals surface area contributed by atoms with E-state index in [1.165, 1.54) is 0 Å². The van der Waals surface area contributed by atoms with Crippen molar-refractivity contribution in [3.8, 4) is 0 Å². The van der Waals surface area contributed by atoms with Crippen LogP contribution < -0.4 is 0 Å². The number of rotatable bonds is 2. The number of nitrogens with zero attached hydrogens (tertiary/aromatic N) is 1. The first-order valence-corrected chi connectivity index (χ1v) is 5.94. The lowest BCUT2D eigenvalue weighted by atomic mass is 10.3. The Morgan fingerprint density at radius 3 is 2.31 bits per heavy atom. The lowest BCUT2D eigenvalue weighted by Gasteiger charge is -2.12. The molecule has 0 heterocycles. The smallest absolute Gasteiger partial charge is 0.144 e. The maximum Gasteiger partial charge on any atom is 0.144 e. The molecule has 13 heavy (non-hydrogen) atoms. The van der Waals surface area contributed by atoms with Crippen LogP contribution in [-0.2, 0) is 11.0 Å². The Hall–Kier alpha value is 0.400. The Labute approximate surface area is 91.3 Å². The van der Waals surface area contributed by atoms with Gasteiger partial charge in [-0.1, -0.05) is 0 Å². The van der Waals surface area contributed by atoms with Crippen LogP contribution in [-0.4, -0.2) is 19.5 Å². The SMILES string of the molecule is CC(C)(C)[S@@](=O)/N=C/C1CC1(Cl)Cl. The van der Waals surface area contributed by atoms with Crippen molar-refractivity contribution in [1.29, 1.82) is 0 Å². The van der Waals surface area contributed by atoms with Crippen molar-refractivity contribution >= 4 is 40.4 Å². The molecule has 1 aliphatic rings. The molecular weight excluding hydrogens is 229 g/mol. The molecule has 1 rings (SSSR count). The average molecular weight is 242 g/mol. The highest BCUT2D eigenvalue weighted by Gasteiger charge is 2.50. The van der Waals surface area contributed by atoms with Crippen molar-refractivity contribution in [3.63, 3.8) is 0 Å². The lowest BCUT2D eigenvalue weighted by molar-refractivity contribution is 0.650. The molecule has 2 nitrogen and oxygen atoms in total. The van der Waals surface area contributed by atoms with Gasteiger partial charge in [0.2, 0.25) is 0 Å². The second kappa shape index (κ2) is 3.52. The molecule has 2 atom stereocenters. The zero-order valence-electron chi connectivity index (χ0n) is 7.88. The number of alkyl halides is 2. The zero-order chi connectivity index (χ0) is 10.3. The maximum atomic E-state index is 11.4. The van der Waals surface area contributed by atoms with E-state index in [-0.39, 0.29) is 10.7 Å². The third kappa shape index (κ3) is 3.22. The summed E-state index contributed by atoms with van der Waals surface area (Å²) in [6.45, 7) is 5.63. The lowest BCUT2D eigenvalue weighted by Crippen LogP contribution is -2.19. The molecule has 0 aliphatic heterocycles. The Balaban J connectivity index is 2.47. The van der Waals surface area contributed by atoms with E-state index in [1.807, 2.05) is 20.8 Å². The van der Waals surface area contributed by atoms with Crippen molar-refractivity contribution in [2.75, 3.05) is 0 Å². The van der Waals surface area contributed by atoms with E-state index in [1.54, 1.807) is 6.21 Å². The van der Waals surface area contributed by atoms with Gasteiger partial charge >= 0.3 is 0 Å². The molecule has 0 aromatic rings. The minimum absolute atomic E-state index is 0.0714. The molecule has 0 amide bonds. The zero-order valence-corrected chi connectivity index (χ0v) is 10.2. The van der Waals surface area contributed by atoms with Gasteiger partial charge in [-0.3, -0.25) is 0 Å². The summed E-state index contributed by atoms with van der Waals surface area (Å²) in [6, 6.07) is 0. The van der Waals surface area contributed by atoms with Gasteiger partial charge in [0.15, 0.2) is 0 Å². The van der Waals surface area contributed by atoms with Crippen molar-refractivity contribution in [2.45, 2.75) is 36.3 Å². The van der Waals surface area contributed by atoms with E-state index in [2.05, 4.69) is 4.40 Å². The van der Waals surface area contributed by atoms with E-state index in [0.717, 1.165) is 0 Å². The van der Waals surface area contributed by atoms with Crippen LogP contribution >= 0.6 is 23.2 Å². The highest BCUT2D eigenvalue weighted by atomic mass is 35.5. The van der Waals surface area contributed by atoms with E-state index < -0.39 is 15.3 Å². The first kappa shape index (κ1) is 11.5. The molecule has 1 saturated carbocycles. The van der Waals surface area contributed by atoms with Crippen LogP contribution in [0.25, 0.3) is 0 Å². The summed E-state index contributed by atoms with van der Waals surface area (Å²) in [4.78, 5) is 0. The van der Waals surface area contributed by atoms with Crippen LogP contribution in [0.2, 0.25) is 0 Å². The molecule has 1 aliphatic carbocycles. The van der Waals surface area contributed by atoms with Crippen molar-refractivity contribution < 1.29 is 4.21 Å². The van der Waals surface area contributed by atoms with E-state index in [4.69, 9.17) is 23.2 Å². The summed E-state index contributed by atoms with van der Waals surface area (Å²) in [5, 5.41) is 0. The predicted molar refractivity (Wildman–Crippen MR) is 58.9 cm³/mol. The van der Waals surface area contributed by atoms with Crippen LogP contribution in [0.5, 0.6) is 0 Å². The minimum atomic E-state index is -1.20. The van der Waals surface area contributed by atoms with E-state index in [0.29, 0.717) is 6.42 Å². The molecule has 0 aromatic heterocycles. The van der Waals surface area contributed by atoms with Gasteiger partial charge in [0.05, 0.1) is 4.75 Å². The Morgan fingerprint density at radius 2 is 2.00 bits per heavy atom. The quantitative estimate of drug-likeness (QED) is 0.540. The first-order valence-electron chi connectivity index (χ1n) is 4.07. The van der Waals surface area contributed by atoms with Crippen molar-refractivity contribution in [1.82, 2.24) is 0 Å². The summed E-state index contributed by atoms with van der Waals surface area (Å²) in [5.41, 5.74) is 0. The molecular formula is C8H13Cl2NOS. The standard InChI is InChI=1S/C8H13Cl2NOS/c1-7(2,3)13(12)11-5-6-4-8(6,9)10/h5-6H,4H2,1-3H3/b11-5+/t6?,13-/m1/s1. The number of hydrogen-bond acceptors (Lipinski definition) is 1. The van der Waals surface area contributed by atoms with Gasteiger partial charge in [-0.2, -0.15) is 4.40 Å². The highest BCUT2D eigenvalue weighted by Crippen LogP contribution is 2.52. The molecule has 76 valence electrons. The van der Waals surface area contributed by atoms with Crippen LogP contribution in [0, 0.1) is 5.92 Å². The molecule has 1 unspecified atom stereocenters. The van der Waals surface area contributed by atoms with Gasteiger partial charge in [-0.05, 0) is 27.2 Å². The highest BCUT2D eigenvalue weighted by molar-refractivity contribution is 7.85. The van der Waals surface area contributed by atoms with Crippen LogP contribution in [0.1, 0.15) is 27.2 Å². The molecule has 1 fully saturated rings. The van der Waals surface area contributed by atoms with Gasteiger partial charge in [0, 0.05) is 12.1 Å². The maximum absolute atomic E-state index is 11.4. The number of hydrogen-bond donors (Lipinski definition) is 0. The molecule has 0 aromatic carbocycles. The van der Waals surface area contributed by atoms with Crippen LogP contribution in [0.4, 0.5) is 0 Å². The summed E-state index contributed by atoms with van der Waals surface area (Å²) < 4.78 is 14.4. The Bertz CT molecular complexity index is 257. The van der Waals surface area contributed by atoms with Gasteiger partial charge in [0.25, 0.3) is 0 Å². The van der Waals surface area contributed by atoms with Gasteiger partial charge in [0.1, 0.15) is 15.3 Å². The number of halogens is 2. The molecule has 0 radical (unpaired) electrons. The van der Waals surface area contributed by atoms with Crippen LogP contribution in [0.3, 0.4) is 0 Å². The minimum Gasteiger partial charge on any atom is -0.234 e. The second-order valence-electron chi connectivity index (χ2n) is 4.19. The summed E-state index contributed by atoms with van der Waals surface area (Å²) >= 11 is 11.6. The van der Waals surface area contributed by atoms with Gasteiger partial charge in [-0.15, -0.1) is 23.2 Å². The molecule has 0 bridgehead atoms. The third-order valence-electron chi connectivity index (χ3n) is 1.73. The van der Waals surface area contributed by atoms with Crippen LogP contribution in [0.15, 0.2) is 4.40 Å². The van der Waals surface area contributed by atoms with Crippen molar-refractivity contribution in [2.24, 2.45) is 10.3 Å². The van der Waals surface area contributed by atoms with Gasteiger partial charge in [-0.25, -0.2) is 4.21 Å². The van der Waals surface area contributed by atoms with Crippen molar-refractivity contribution in [3.05, 3.63) is 0 Å². The fourth-order valence-corrected chi connectivity index (χ4v) is 1.70. The Morgan fingerprint density at radius 1 is 1.54 bits per heavy atom. The normalized spacial score (nSPS) is 29.2. The fraction of sp³-hybridized carbons (Fsp3) is 0.875. The third-order valence-corrected chi connectivity index (χ3v) is 3.96. The fourth-order valence-electron chi connectivity index (χ4n) is 0.683. The summed E-state index contributed by atoms with van der Waals surface area (Å²) in [6.07, 6.45) is 2.32. The predicted octanol–water partition coefficient (Wildman–Crippen LogP) is 2.71. The van der Waals surface area contributed by atoms with Gasteiger partial charge < -0.3 is 0 Å². The average Bonchev–Trinajstić information content (AvgIpc) is 2.52.